The molecule has 1 aliphatic heterocycles. The summed E-state index contributed by atoms with van der Waals surface area (Å²) in [5.41, 5.74) is 2.49. The molecule has 1 amide bonds. The van der Waals surface area contributed by atoms with Gasteiger partial charge < -0.3 is 10.0 Å². The lowest BCUT2D eigenvalue weighted by atomic mass is 10.0. The normalized spacial score (nSPS) is 17.9. The van der Waals surface area contributed by atoms with Crippen LogP contribution >= 0.6 is 0 Å². The van der Waals surface area contributed by atoms with Crippen LogP contribution in [0, 0.1) is 0 Å². The summed E-state index contributed by atoms with van der Waals surface area (Å²) in [7, 11) is 0. The third-order valence-corrected chi connectivity index (χ3v) is 3.45. The fourth-order valence-electron chi connectivity index (χ4n) is 2.43. The number of amides is 1. The number of ketones is 1. The standard InChI is InChI=1S/C15H13NO3/c17-12-5-6-13(14(18)7-12)15(19)16-8-10-3-1-2-4-11(10)9-16/h1-6,18H,7-9H2. The average Bonchev–Trinajstić information content (AvgIpc) is 2.81. The molecule has 1 heterocycles. The Morgan fingerprint density at radius 2 is 1.74 bits per heavy atom. The van der Waals surface area contributed by atoms with Gasteiger partial charge in [0.2, 0.25) is 0 Å². The molecule has 1 aromatic carbocycles. The van der Waals surface area contributed by atoms with Gasteiger partial charge in [-0.1, -0.05) is 24.3 Å². The second-order valence-corrected chi connectivity index (χ2v) is 4.77. The predicted molar refractivity (Wildman–Crippen MR) is 69.1 cm³/mol. The Balaban J connectivity index is 1.83. The third kappa shape index (κ3) is 2.05. The molecule has 0 saturated heterocycles. The lowest BCUT2D eigenvalue weighted by Crippen LogP contribution is -2.28. The maximum atomic E-state index is 12.3. The average molecular weight is 255 g/mol. The smallest absolute Gasteiger partial charge is 0.257 e. The van der Waals surface area contributed by atoms with Gasteiger partial charge in [-0.05, 0) is 23.3 Å². The van der Waals surface area contributed by atoms with E-state index >= 15 is 0 Å². The van der Waals surface area contributed by atoms with Gasteiger partial charge in [-0.25, -0.2) is 0 Å². The third-order valence-electron chi connectivity index (χ3n) is 3.45. The monoisotopic (exact) mass is 255 g/mol. The van der Waals surface area contributed by atoms with E-state index in [1.54, 1.807) is 4.90 Å². The van der Waals surface area contributed by atoms with Crippen molar-refractivity contribution < 1.29 is 14.7 Å². The highest BCUT2D eigenvalue weighted by Gasteiger charge is 2.27. The molecule has 0 bridgehead atoms. The second-order valence-electron chi connectivity index (χ2n) is 4.77. The fourth-order valence-corrected chi connectivity index (χ4v) is 2.43. The van der Waals surface area contributed by atoms with Crippen molar-refractivity contribution in [2.75, 3.05) is 0 Å². The number of hydrogen-bond acceptors (Lipinski definition) is 3. The van der Waals surface area contributed by atoms with Gasteiger partial charge in [0, 0.05) is 13.1 Å². The first-order valence-corrected chi connectivity index (χ1v) is 6.14. The maximum absolute atomic E-state index is 12.3. The number of carbonyl (C=O) groups is 2. The van der Waals surface area contributed by atoms with Crippen molar-refractivity contribution in [1.82, 2.24) is 4.90 Å². The van der Waals surface area contributed by atoms with Gasteiger partial charge >= 0.3 is 0 Å². The molecule has 4 nitrogen and oxygen atoms in total. The van der Waals surface area contributed by atoms with Gasteiger partial charge in [-0.15, -0.1) is 0 Å². The molecule has 0 saturated carbocycles. The molecule has 2 aliphatic rings. The van der Waals surface area contributed by atoms with E-state index in [1.165, 1.54) is 12.2 Å². The summed E-state index contributed by atoms with van der Waals surface area (Å²) in [4.78, 5) is 25.1. The van der Waals surface area contributed by atoms with E-state index in [2.05, 4.69) is 0 Å². The number of benzene rings is 1. The molecule has 4 heteroatoms. The van der Waals surface area contributed by atoms with Crippen LogP contribution in [0.3, 0.4) is 0 Å². The van der Waals surface area contributed by atoms with E-state index in [-0.39, 0.29) is 29.4 Å². The number of fused-ring (bicyclic) bond motifs is 1. The van der Waals surface area contributed by atoms with Crippen LogP contribution in [0.15, 0.2) is 47.7 Å². The number of rotatable bonds is 1. The lowest BCUT2D eigenvalue weighted by molar-refractivity contribution is -0.127. The summed E-state index contributed by atoms with van der Waals surface area (Å²) in [5.74, 6) is -0.537. The molecule has 3 rings (SSSR count). The summed E-state index contributed by atoms with van der Waals surface area (Å²) in [6.45, 7) is 1.10. The molecule has 0 unspecified atom stereocenters. The summed E-state index contributed by atoms with van der Waals surface area (Å²) in [5, 5.41) is 9.75. The highest BCUT2D eigenvalue weighted by molar-refractivity contribution is 6.03. The number of aliphatic hydroxyl groups is 1. The van der Waals surface area contributed by atoms with Gasteiger partial charge in [0.05, 0.1) is 12.0 Å². The Labute approximate surface area is 110 Å². The minimum absolute atomic E-state index is 0.0850. The Morgan fingerprint density at radius 3 is 2.32 bits per heavy atom. The van der Waals surface area contributed by atoms with Crippen LogP contribution in [-0.2, 0) is 22.7 Å². The van der Waals surface area contributed by atoms with Gasteiger partial charge in [0.1, 0.15) is 5.76 Å². The summed E-state index contributed by atoms with van der Waals surface area (Å²) in [6.07, 6.45) is 2.67. The minimum Gasteiger partial charge on any atom is -0.511 e. The molecule has 0 spiro atoms. The Bertz CT molecular complexity index is 603. The minimum atomic E-state index is -0.225. The number of hydrogen-bond donors (Lipinski definition) is 1. The van der Waals surface area contributed by atoms with Gasteiger partial charge in [0.25, 0.3) is 5.91 Å². The number of carbonyl (C=O) groups excluding carboxylic acids is 2. The van der Waals surface area contributed by atoms with Crippen LogP contribution in [0.2, 0.25) is 0 Å². The Morgan fingerprint density at radius 1 is 1.11 bits per heavy atom. The van der Waals surface area contributed by atoms with Crippen molar-refractivity contribution in [3.05, 3.63) is 58.9 Å². The first-order valence-electron chi connectivity index (χ1n) is 6.14. The largest absolute Gasteiger partial charge is 0.511 e. The SMILES string of the molecule is O=C1C=CC(C(=O)N2Cc3ccccc3C2)=C(O)C1. The Hall–Kier alpha value is -2.36. The molecule has 96 valence electrons. The van der Waals surface area contributed by atoms with Gasteiger partial charge in [-0.2, -0.15) is 0 Å². The van der Waals surface area contributed by atoms with Crippen molar-refractivity contribution in [2.45, 2.75) is 19.5 Å². The molecule has 1 aliphatic carbocycles. The van der Waals surface area contributed by atoms with Crippen molar-refractivity contribution in [3.63, 3.8) is 0 Å². The Kier molecular flexibility index (Phi) is 2.71. The highest BCUT2D eigenvalue weighted by Crippen LogP contribution is 2.25. The van der Waals surface area contributed by atoms with Crippen LogP contribution in [0.4, 0.5) is 0 Å². The molecule has 19 heavy (non-hydrogen) atoms. The van der Waals surface area contributed by atoms with E-state index in [1.807, 2.05) is 24.3 Å². The quantitative estimate of drug-likeness (QED) is 0.833. The topological polar surface area (TPSA) is 57.6 Å². The van der Waals surface area contributed by atoms with Crippen LogP contribution in [0.25, 0.3) is 0 Å². The number of nitrogens with zero attached hydrogens (tertiary/aromatic N) is 1. The first kappa shape index (κ1) is 11.7. The van der Waals surface area contributed by atoms with Crippen LogP contribution in [0.5, 0.6) is 0 Å². The first-order chi connectivity index (χ1) is 9.15. The summed E-state index contributed by atoms with van der Waals surface area (Å²) in [6, 6.07) is 7.89. The van der Waals surface area contributed by atoms with E-state index in [4.69, 9.17) is 0 Å². The summed E-state index contributed by atoms with van der Waals surface area (Å²) >= 11 is 0. The zero-order chi connectivity index (χ0) is 13.4. The predicted octanol–water partition coefficient (Wildman–Crippen LogP) is 1.87. The molecule has 1 N–H and O–H groups in total. The molecule has 0 aromatic heterocycles. The molecule has 0 radical (unpaired) electrons. The fraction of sp³-hybridized carbons (Fsp3) is 0.200. The number of aliphatic hydroxyl groups excluding tert-OH is 1. The van der Waals surface area contributed by atoms with Crippen LogP contribution in [-0.4, -0.2) is 21.7 Å². The molecular formula is C15H13NO3. The van der Waals surface area contributed by atoms with Gasteiger partial charge in [-0.3, -0.25) is 9.59 Å². The van der Waals surface area contributed by atoms with Crippen molar-refractivity contribution in [2.24, 2.45) is 0 Å². The van der Waals surface area contributed by atoms with E-state index in [0.717, 1.165) is 11.1 Å². The van der Waals surface area contributed by atoms with Crippen molar-refractivity contribution >= 4 is 11.7 Å². The van der Waals surface area contributed by atoms with Gasteiger partial charge in [0.15, 0.2) is 5.78 Å². The molecule has 0 fully saturated rings. The highest BCUT2D eigenvalue weighted by atomic mass is 16.3. The van der Waals surface area contributed by atoms with Crippen LogP contribution in [0.1, 0.15) is 17.5 Å². The lowest BCUT2D eigenvalue weighted by Gasteiger charge is -2.18. The zero-order valence-corrected chi connectivity index (χ0v) is 10.3. The zero-order valence-electron chi connectivity index (χ0n) is 10.3. The van der Waals surface area contributed by atoms with Crippen molar-refractivity contribution in [1.29, 1.82) is 0 Å². The van der Waals surface area contributed by atoms with Crippen molar-refractivity contribution in [3.8, 4) is 0 Å². The molecule has 0 atom stereocenters. The van der Waals surface area contributed by atoms with E-state index < -0.39 is 0 Å². The van der Waals surface area contributed by atoms with E-state index in [0.29, 0.717) is 13.1 Å². The molecule has 1 aromatic rings. The molecular weight excluding hydrogens is 242 g/mol. The van der Waals surface area contributed by atoms with E-state index in [9.17, 15) is 14.7 Å². The van der Waals surface area contributed by atoms with Crippen LogP contribution < -0.4 is 0 Å². The second kappa shape index (κ2) is 4.39. The number of allylic oxidation sites excluding steroid dienone is 2. The summed E-state index contributed by atoms with van der Waals surface area (Å²) < 4.78 is 0. The maximum Gasteiger partial charge on any atom is 0.257 e.